The Morgan fingerprint density at radius 3 is 2.56 bits per heavy atom. The molecule has 2 aromatic rings. The van der Waals surface area contributed by atoms with Crippen LogP contribution < -0.4 is 5.32 Å². The summed E-state index contributed by atoms with van der Waals surface area (Å²) in [6, 6.07) is 12.2. The van der Waals surface area contributed by atoms with E-state index >= 15 is 0 Å². The Kier molecular flexibility index (Phi) is 4.85. The standard InChI is InChI=1S/C18H16N2O5/c21-17(12-5-2-1-3-6-12)14-11-13(20(23)24)8-9-15(14)19-18(22)16-7-4-10-25-16/h1-3,5-6,8-9,11,16H,4,7,10H2,(H,19,22)/t16-/m0/s1. The maximum absolute atomic E-state index is 12.7. The molecule has 0 aliphatic carbocycles. The summed E-state index contributed by atoms with van der Waals surface area (Å²) < 4.78 is 5.33. The van der Waals surface area contributed by atoms with Gasteiger partial charge in [0.15, 0.2) is 5.78 Å². The first-order chi connectivity index (χ1) is 12.1. The molecule has 0 unspecified atom stereocenters. The minimum absolute atomic E-state index is 0.0757. The van der Waals surface area contributed by atoms with Crippen molar-refractivity contribution >= 4 is 23.1 Å². The molecule has 7 nitrogen and oxygen atoms in total. The zero-order chi connectivity index (χ0) is 17.8. The van der Waals surface area contributed by atoms with Crippen molar-refractivity contribution < 1.29 is 19.2 Å². The molecule has 1 amide bonds. The number of rotatable bonds is 5. The molecule has 0 radical (unpaired) electrons. The quantitative estimate of drug-likeness (QED) is 0.512. The van der Waals surface area contributed by atoms with Crippen molar-refractivity contribution in [3.8, 4) is 0 Å². The Morgan fingerprint density at radius 2 is 1.92 bits per heavy atom. The van der Waals surface area contributed by atoms with Crippen LogP contribution in [0.25, 0.3) is 0 Å². The van der Waals surface area contributed by atoms with Gasteiger partial charge >= 0.3 is 0 Å². The highest BCUT2D eigenvalue weighted by atomic mass is 16.6. The second kappa shape index (κ2) is 7.23. The second-order valence-corrected chi connectivity index (χ2v) is 5.67. The Bertz CT molecular complexity index is 813. The number of ether oxygens (including phenoxy) is 1. The van der Waals surface area contributed by atoms with Gasteiger partial charge in [-0.25, -0.2) is 0 Å². The third-order valence-electron chi connectivity index (χ3n) is 3.97. The molecule has 128 valence electrons. The third kappa shape index (κ3) is 3.72. The number of carbonyl (C=O) groups is 2. The summed E-state index contributed by atoms with van der Waals surface area (Å²) in [4.78, 5) is 35.5. The average Bonchev–Trinajstić information content (AvgIpc) is 3.17. The summed E-state index contributed by atoms with van der Waals surface area (Å²) in [6.45, 7) is 0.522. The molecule has 3 rings (SSSR count). The van der Waals surface area contributed by atoms with Gasteiger partial charge in [-0.3, -0.25) is 19.7 Å². The molecule has 7 heteroatoms. The molecule has 1 aliphatic rings. The zero-order valence-electron chi connectivity index (χ0n) is 13.3. The molecule has 1 aliphatic heterocycles. The van der Waals surface area contributed by atoms with Crippen molar-refractivity contribution in [1.82, 2.24) is 0 Å². The molecule has 1 atom stereocenters. The van der Waals surface area contributed by atoms with Gasteiger partial charge in [-0.2, -0.15) is 0 Å². The van der Waals surface area contributed by atoms with E-state index in [1.165, 1.54) is 18.2 Å². The summed E-state index contributed by atoms with van der Waals surface area (Å²) in [6.07, 6.45) is 0.851. The van der Waals surface area contributed by atoms with Gasteiger partial charge in [-0.1, -0.05) is 30.3 Å². The van der Waals surface area contributed by atoms with E-state index in [0.717, 1.165) is 6.42 Å². The second-order valence-electron chi connectivity index (χ2n) is 5.67. The summed E-state index contributed by atoms with van der Waals surface area (Å²) in [5, 5.41) is 13.7. The fourth-order valence-electron chi connectivity index (χ4n) is 2.69. The van der Waals surface area contributed by atoms with Crippen LogP contribution in [-0.2, 0) is 9.53 Å². The lowest BCUT2D eigenvalue weighted by molar-refractivity contribution is -0.384. The lowest BCUT2D eigenvalue weighted by atomic mass is 10.0. The van der Waals surface area contributed by atoms with E-state index in [2.05, 4.69) is 5.32 Å². The normalized spacial score (nSPS) is 16.4. The average molecular weight is 340 g/mol. The fourth-order valence-corrected chi connectivity index (χ4v) is 2.69. The van der Waals surface area contributed by atoms with E-state index in [-0.39, 0.29) is 22.8 Å². The smallest absolute Gasteiger partial charge is 0.270 e. The number of anilines is 1. The first-order valence-corrected chi connectivity index (χ1v) is 7.87. The van der Waals surface area contributed by atoms with E-state index in [4.69, 9.17) is 4.74 Å². The fraction of sp³-hybridized carbons (Fsp3) is 0.222. The van der Waals surface area contributed by atoms with Gasteiger partial charge in [0.25, 0.3) is 11.6 Å². The number of ketones is 1. The van der Waals surface area contributed by atoms with E-state index in [9.17, 15) is 19.7 Å². The van der Waals surface area contributed by atoms with Crippen LogP contribution >= 0.6 is 0 Å². The highest BCUT2D eigenvalue weighted by molar-refractivity contribution is 6.14. The molecular formula is C18H16N2O5. The number of nitrogens with one attached hydrogen (secondary N) is 1. The van der Waals surface area contributed by atoms with E-state index in [1.54, 1.807) is 30.3 Å². The first-order valence-electron chi connectivity index (χ1n) is 7.87. The van der Waals surface area contributed by atoms with E-state index in [1.807, 2.05) is 0 Å². The summed E-state index contributed by atoms with van der Waals surface area (Å²) in [5.41, 5.74) is 0.483. The summed E-state index contributed by atoms with van der Waals surface area (Å²) in [7, 11) is 0. The monoisotopic (exact) mass is 340 g/mol. The molecule has 0 aromatic heterocycles. The summed E-state index contributed by atoms with van der Waals surface area (Å²) >= 11 is 0. The number of benzene rings is 2. The van der Waals surface area contributed by atoms with Crippen LogP contribution in [0.4, 0.5) is 11.4 Å². The van der Waals surface area contributed by atoms with Gasteiger partial charge in [0.2, 0.25) is 0 Å². The van der Waals surface area contributed by atoms with Crippen LogP contribution in [0.15, 0.2) is 48.5 Å². The molecule has 1 fully saturated rings. The van der Waals surface area contributed by atoms with Crippen LogP contribution in [-0.4, -0.2) is 29.3 Å². The van der Waals surface area contributed by atoms with Crippen LogP contribution in [0.2, 0.25) is 0 Å². The molecule has 1 N–H and O–H groups in total. The third-order valence-corrected chi connectivity index (χ3v) is 3.97. The van der Waals surface area contributed by atoms with Crippen molar-refractivity contribution in [2.24, 2.45) is 0 Å². The van der Waals surface area contributed by atoms with Crippen molar-refractivity contribution in [3.63, 3.8) is 0 Å². The van der Waals surface area contributed by atoms with Gasteiger partial charge in [0.1, 0.15) is 6.10 Å². The number of non-ortho nitro benzene ring substituents is 1. The van der Waals surface area contributed by atoms with Gasteiger partial charge in [0.05, 0.1) is 16.2 Å². The van der Waals surface area contributed by atoms with E-state index < -0.39 is 16.8 Å². The molecule has 1 saturated heterocycles. The van der Waals surface area contributed by atoms with Crippen LogP contribution in [0.1, 0.15) is 28.8 Å². The van der Waals surface area contributed by atoms with Gasteiger partial charge < -0.3 is 10.1 Å². The number of hydrogen-bond acceptors (Lipinski definition) is 5. The zero-order valence-corrected chi connectivity index (χ0v) is 13.3. The first kappa shape index (κ1) is 16.8. The highest BCUT2D eigenvalue weighted by Gasteiger charge is 2.26. The van der Waals surface area contributed by atoms with Crippen LogP contribution in [0.3, 0.4) is 0 Å². The summed E-state index contributed by atoms with van der Waals surface area (Å²) in [5.74, 6) is -0.750. The molecule has 2 aromatic carbocycles. The number of nitrogens with zero attached hydrogens (tertiary/aromatic N) is 1. The minimum Gasteiger partial charge on any atom is -0.368 e. The molecule has 1 heterocycles. The maximum Gasteiger partial charge on any atom is 0.270 e. The van der Waals surface area contributed by atoms with Gasteiger partial charge in [-0.15, -0.1) is 0 Å². The predicted molar refractivity (Wildman–Crippen MR) is 90.6 cm³/mol. The maximum atomic E-state index is 12.7. The highest BCUT2D eigenvalue weighted by Crippen LogP contribution is 2.26. The SMILES string of the molecule is O=C(c1ccccc1)c1cc([N+](=O)[O-])ccc1NC(=O)[C@@H]1CCCO1. The largest absolute Gasteiger partial charge is 0.368 e. The van der Waals surface area contributed by atoms with Crippen molar-refractivity contribution in [3.05, 3.63) is 69.8 Å². The van der Waals surface area contributed by atoms with Crippen LogP contribution in [0, 0.1) is 10.1 Å². The molecule has 0 saturated carbocycles. The molecule has 0 spiro atoms. The Labute approximate surface area is 143 Å². The topological polar surface area (TPSA) is 98.5 Å². The Morgan fingerprint density at radius 1 is 1.16 bits per heavy atom. The van der Waals surface area contributed by atoms with Crippen molar-refractivity contribution in [2.45, 2.75) is 18.9 Å². The number of hydrogen-bond donors (Lipinski definition) is 1. The number of nitro groups is 1. The lowest BCUT2D eigenvalue weighted by Crippen LogP contribution is -2.27. The molecular weight excluding hydrogens is 324 g/mol. The predicted octanol–water partition coefficient (Wildman–Crippen LogP) is 2.94. The number of carbonyl (C=O) groups excluding carboxylic acids is 2. The lowest BCUT2D eigenvalue weighted by Gasteiger charge is -2.13. The van der Waals surface area contributed by atoms with Gasteiger partial charge in [-0.05, 0) is 18.9 Å². The molecule has 25 heavy (non-hydrogen) atoms. The minimum atomic E-state index is -0.576. The number of nitro benzene ring substituents is 1. The van der Waals surface area contributed by atoms with E-state index in [0.29, 0.717) is 18.6 Å². The Hall–Kier alpha value is -3.06. The van der Waals surface area contributed by atoms with Crippen LogP contribution in [0.5, 0.6) is 0 Å². The van der Waals surface area contributed by atoms with Gasteiger partial charge in [0, 0.05) is 24.3 Å². The van der Waals surface area contributed by atoms with Crippen molar-refractivity contribution in [1.29, 1.82) is 0 Å². The number of amides is 1. The molecule has 0 bridgehead atoms. The van der Waals surface area contributed by atoms with Crippen molar-refractivity contribution in [2.75, 3.05) is 11.9 Å². The Balaban J connectivity index is 1.95.